The van der Waals surface area contributed by atoms with Crippen LogP contribution in [-0.2, 0) is 9.53 Å². The summed E-state index contributed by atoms with van der Waals surface area (Å²) in [5.74, 6) is -0.888. The summed E-state index contributed by atoms with van der Waals surface area (Å²) < 4.78 is 5.35. The van der Waals surface area contributed by atoms with Gasteiger partial charge >= 0.3 is 5.97 Å². The van der Waals surface area contributed by atoms with Gasteiger partial charge in [-0.25, -0.2) is 4.79 Å². The molecule has 0 aromatic heterocycles. The smallest absolute Gasteiger partial charge is 0.328 e. The van der Waals surface area contributed by atoms with E-state index in [2.05, 4.69) is 4.90 Å². The molecule has 74 valence electrons. The lowest BCUT2D eigenvalue weighted by molar-refractivity contribution is -0.131. The number of ether oxygens (including phenoxy) is 1. The highest BCUT2D eigenvalue weighted by molar-refractivity contribution is 5.79. The molecule has 0 aliphatic carbocycles. The fourth-order valence-electron chi connectivity index (χ4n) is 1.36. The summed E-state index contributed by atoms with van der Waals surface area (Å²) in [4.78, 5) is 12.3. The van der Waals surface area contributed by atoms with Crippen molar-refractivity contribution >= 4 is 5.97 Å². The second-order valence-electron chi connectivity index (χ2n) is 3.18. The van der Waals surface area contributed by atoms with Crippen molar-refractivity contribution in [3.63, 3.8) is 0 Å². The maximum atomic E-state index is 10.2. The van der Waals surface area contributed by atoms with E-state index in [0.29, 0.717) is 6.54 Å². The molecule has 0 amide bonds. The second kappa shape index (κ2) is 4.99. The summed E-state index contributed by atoms with van der Waals surface area (Å²) in [6.45, 7) is 5.22. The van der Waals surface area contributed by atoms with Crippen LogP contribution in [0.5, 0.6) is 0 Å². The van der Waals surface area contributed by atoms with Crippen LogP contribution in [0.3, 0.4) is 0 Å². The molecule has 1 atom stereocenters. The number of carbonyl (C=O) groups is 1. The lowest BCUT2D eigenvalue weighted by Gasteiger charge is -2.29. The Kier molecular flexibility index (Phi) is 3.92. The normalized spacial score (nSPS) is 25.2. The number of rotatable bonds is 3. The van der Waals surface area contributed by atoms with E-state index in [-0.39, 0.29) is 6.10 Å². The molecule has 1 aliphatic rings. The molecule has 1 fully saturated rings. The highest BCUT2D eigenvalue weighted by Crippen LogP contribution is 2.03. The Balaban J connectivity index is 2.24. The minimum atomic E-state index is -0.888. The van der Waals surface area contributed by atoms with Gasteiger partial charge in [-0.1, -0.05) is 6.08 Å². The number of hydrogen-bond donors (Lipinski definition) is 1. The van der Waals surface area contributed by atoms with Crippen molar-refractivity contribution in [1.29, 1.82) is 0 Å². The number of nitrogens with zero attached hydrogens (tertiary/aromatic N) is 1. The average Bonchev–Trinajstić information content (AvgIpc) is 2.03. The Morgan fingerprint density at radius 2 is 2.54 bits per heavy atom. The first-order valence-corrected chi connectivity index (χ1v) is 4.42. The number of morpholine rings is 1. The quantitative estimate of drug-likeness (QED) is 0.644. The molecule has 4 heteroatoms. The van der Waals surface area contributed by atoms with Crippen LogP contribution in [-0.4, -0.2) is 48.3 Å². The SMILES string of the molecule is CC1CN(CC=CC(=O)O)CCO1. The fraction of sp³-hybridized carbons (Fsp3) is 0.667. The molecule has 1 unspecified atom stereocenters. The third kappa shape index (κ3) is 4.05. The van der Waals surface area contributed by atoms with Gasteiger partial charge in [-0.2, -0.15) is 0 Å². The molecule has 0 bridgehead atoms. The Morgan fingerprint density at radius 3 is 3.15 bits per heavy atom. The molecule has 0 aromatic carbocycles. The Bertz CT molecular complexity index is 203. The van der Waals surface area contributed by atoms with Crippen LogP contribution in [0.15, 0.2) is 12.2 Å². The first-order valence-electron chi connectivity index (χ1n) is 4.42. The summed E-state index contributed by atoms with van der Waals surface area (Å²) in [6.07, 6.45) is 3.10. The van der Waals surface area contributed by atoms with Crippen molar-refractivity contribution in [3.05, 3.63) is 12.2 Å². The molecule has 1 N–H and O–H groups in total. The number of carboxylic acids is 1. The molecule has 1 aliphatic heterocycles. The third-order valence-electron chi connectivity index (χ3n) is 1.95. The molecule has 0 saturated carbocycles. The third-order valence-corrected chi connectivity index (χ3v) is 1.95. The van der Waals surface area contributed by atoms with Gasteiger partial charge in [0.25, 0.3) is 0 Å². The topological polar surface area (TPSA) is 49.8 Å². The standard InChI is InChI=1S/C9H15NO3/c1-8-7-10(5-6-13-8)4-2-3-9(11)12/h2-3,8H,4-7H2,1H3,(H,11,12). The van der Waals surface area contributed by atoms with Gasteiger partial charge in [0, 0.05) is 25.7 Å². The van der Waals surface area contributed by atoms with Crippen molar-refractivity contribution in [1.82, 2.24) is 4.90 Å². The van der Waals surface area contributed by atoms with E-state index in [4.69, 9.17) is 9.84 Å². The van der Waals surface area contributed by atoms with E-state index < -0.39 is 5.97 Å². The molecule has 13 heavy (non-hydrogen) atoms. The van der Waals surface area contributed by atoms with Gasteiger partial charge in [0.05, 0.1) is 12.7 Å². The van der Waals surface area contributed by atoms with Crippen LogP contribution in [0, 0.1) is 0 Å². The lowest BCUT2D eigenvalue weighted by Crippen LogP contribution is -2.41. The van der Waals surface area contributed by atoms with Crippen LogP contribution in [0.25, 0.3) is 0 Å². The van der Waals surface area contributed by atoms with E-state index in [0.717, 1.165) is 19.7 Å². The number of hydrogen-bond acceptors (Lipinski definition) is 3. The highest BCUT2D eigenvalue weighted by atomic mass is 16.5. The Morgan fingerprint density at radius 1 is 1.77 bits per heavy atom. The lowest BCUT2D eigenvalue weighted by atomic mass is 10.3. The summed E-state index contributed by atoms with van der Waals surface area (Å²) >= 11 is 0. The molecular weight excluding hydrogens is 170 g/mol. The summed E-state index contributed by atoms with van der Waals surface area (Å²) in [6, 6.07) is 0. The van der Waals surface area contributed by atoms with Crippen molar-refractivity contribution in [2.75, 3.05) is 26.2 Å². The molecule has 1 saturated heterocycles. The minimum Gasteiger partial charge on any atom is -0.478 e. The zero-order valence-corrected chi connectivity index (χ0v) is 7.77. The van der Waals surface area contributed by atoms with E-state index in [1.807, 2.05) is 6.92 Å². The highest BCUT2D eigenvalue weighted by Gasteiger charge is 2.14. The van der Waals surface area contributed by atoms with Crippen LogP contribution < -0.4 is 0 Å². The van der Waals surface area contributed by atoms with Gasteiger partial charge in [0.15, 0.2) is 0 Å². The average molecular weight is 185 g/mol. The Hall–Kier alpha value is -0.870. The van der Waals surface area contributed by atoms with Gasteiger partial charge in [-0.15, -0.1) is 0 Å². The van der Waals surface area contributed by atoms with Crippen molar-refractivity contribution < 1.29 is 14.6 Å². The molecule has 0 spiro atoms. The summed E-state index contributed by atoms with van der Waals surface area (Å²) in [5, 5.41) is 8.36. The maximum Gasteiger partial charge on any atom is 0.328 e. The van der Waals surface area contributed by atoms with E-state index in [1.54, 1.807) is 6.08 Å². The monoisotopic (exact) mass is 185 g/mol. The largest absolute Gasteiger partial charge is 0.478 e. The van der Waals surface area contributed by atoms with Crippen molar-refractivity contribution in [2.24, 2.45) is 0 Å². The maximum absolute atomic E-state index is 10.2. The summed E-state index contributed by atoms with van der Waals surface area (Å²) in [7, 11) is 0. The van der Waals surface area contributed by atoms with E-state index in [9.17, 15) is 4.79 Å². The van der Waals surface area contributed by atoms with Crippen molar-refractivity contribution in [3.8, 4) is 0 Å². The predicted molar refractivity (Wildman–Crippen MR) is 48.6 cm³/mol. The molecule has 1 heterocycles. The van der Waals surface area contributed by atoms with Crippen LogP contribution in [0.2, 0.25) is 0 Å². The van der Waals surface area contributed by atoms with Gasteiger partial charge in [0.1, 0.15) is 0 Å². The predicted octanol–water partition coefficient (Wildman–Crippen LogP) is 0.348. The number of carboxylic acid groups (broad SMARTS) is 1. The van der Waals surface area contributed by atoms with Gasteiger partial charge in [0.2, 0.25) is 0 Å². The molecule has 1 rings (SSSR count). The first-order chi connectivity index (χ1) is 6.18. The molecule has 4 nitrogen and oxygen atoms in total. The van der Waals surface area contributed by atoms with E-state index in [1.165, 1.54) is 6.08 Å². The van der Waals surface area contributed by atoms with Crippen molar-refractivity contribution in [2.45, 2.75) is 13.0 Å². The van der Waals surface area contributed by atoms with Gasteiger partial charge < -0.3 is 9.84 Å². The van der Waals surface area contributed by atoms with Gasteiger partial charge in [-0.3, -0.25) is 4.90 Å². The Labute approximate surface area is 77.8 Å². The summed E-state index contributed by atoms with van der Waals surface area (Å²) in [5.41, 5.74) is 0. The fourth-order valence-corrected chi connectivity index (χ4v) is 1.36. The van der Waals surface area contributed by atoms with Crippen LogP contribution in [0.1, 0.15) is 6.92 Å². The molecule has 0 radical (unpaired) electrons. The van der Waals surface area contributed by atoms with E-state index >= 15 is 0 Å². The second-order valence-corrected chi connectivity index (χ2v) is 3.18. The zero-order chi connectivity index (χ0) is 9.68. The number of aliphatic carboxylic acids is 1. The molecular formula is C9H15NO3. The first kappa shape index (κ1) is 10.2. The van der Waals surface area contributed by atoms with Crippen LogP contribution in [0.4, 0.5) is 0 Å². The minimum absolute atomic E-state index is 0.256. The zero-order valence-electron chi connectivity index (χ0n) is 7.77. The van der Waals surface area contributed by atoms with Gasteiger partial charge in [-0.05, 0) is 6.92 Å². The van der Waals surface area contributed by atoms with Crippen LogP contribution >= 0.6 is 0 Å². The molecule has 0 aromatic rings.